The minimum absolute atomic E-state index is 0.201. The molecule has 0 aromatic heterocycles. The Balaban J connectivity index is 1.83. The van der Waals surface area contributed by atoms with Crippen LogP contribution in [0, 0.1) is 0 Å². The lowest BCUT2D eigenvalue weighted by Crippen LogP contribution is -2.57. The molecule has 1 saturated heterocycles. The summed E-state index contributed by atoms with van der Waals surface area (Å²) >= 11 is 0. The molecule has 0 bridgehead atoms. The van der Waals surface area contributed by atoms with Gasteiger partial charge in [0.1, 0.15) is 6.04 Å². The Labute approximate surface area is 155 Å². The van der Waals surface area contributed by atoms with Gasteiger partial charge in [-0.3, -0.25) is 4.79 Å². The summed E-state index contributed by atoms with van der Waals surface area (Å²) in [6, 6.07) is 15.4. The monoisotopic (exact) mass is 372 g/mol. The number of amides is 1. The van der Waals surface area contributed by atoms with Crippen LogP contribution in [0.5, 0.6) is 0 Å². The van der Waals surface area contributed by atoms with Gasteiger partial charge in [-0.25, -0.2) is 8.42 Å². The Morgan fingerprint density at radius 1 is 0.962 bits per heavy atom. The van der Waals surface area contributed by atoms with Crippen molar-refractivity contribution in [3.8, 4) is 0 Å². The third-order valence-electron chi connectivity index (χ3n) is 4.82. The molecule has 1 heterocycles. The van der Waals surface area contributed by atoms with E-state index >= 15 is 0 Å². The molecule has 1 atom stereocenters. The first kappa shape index (κ1) is 18.6. The smallest absolute Gasteiger partial charge is 0.245 e. The number of carbonyl (C=O) groups excluding carboxylic acids is 1. The predicted molar refractivity (Wildman–Crippen MR) is 103 cm³/mol. The zero-order chi connectivity index (χ0) is 18.9. The van der Waals surface area contributed by atoms with Gasteiger partial charge in [0.2, 0.25) is 15.9 Å². The molecule has 0 saturated carbocycles. The third-order valence-corrected chi connectivity index (χ3v) is 6.80. The van der Waals surface area contributed by atoms with Gasteiger partial charge in [0.05, 0.1) is 4.90 Å². The summed E-state index contributed by atoms with van der Waals surface area (Å²) in [4.78, 5) is 14.7. The minimum atomic E-state index is -3.68. The second-order valence-corrected chi connectivity index (χ2v) is 8.73. The number of hydrogen-bond acceptors (Lipinski definition) is 3. The van der Waals surface area contributed by atoms with E-state index in [0.717, 1.165) is 5.69 Å². The van der Waals surface area contributed by atoms with E-state index in [4.69, 9.17) is 0 Å². The molecule has 6 heteroatoms. The molecule has 0 radical (unpaired) electrons. The fourth-order valence-corrected chi connectivity index (χ4v) is 4.80. The van der Waals surface area contributed by atoms with Crippen molar-refractivity contribution in [2.45, 2.75) is 37.6 Å². The van der Waals surface area contributed by atoms with Gasteiger partial charge in [0, 0.05) is 18.8 Å². The van der Waals surface area contributed by atoms with Gasteiger partial charge < -0.3 is 4.90 Å². The highest BCUT2D eigenvalue weighted by atomic mass is 32.2. The van der Waals surface area contributed by atoms with Crippen LogP contribution >= 0.6 is 0 Å². The van der Waals surface area contributed by atoms with Crippen molar-refractivity contribution in [2.75, 3.05) is 18.0 Å². The molecular weight excluding hydrogens is 348 g/mol. The van der Waals surface area contributed by atoms with Gasteiger partial charge in [-0.15, -0.1) is 0 Å². The molecule has 0 N–H and O–H groups in total. The Hall–Kier alpha value is -2.18. The second kappa shape index (κ2) is 7.21. The normalized spacial score (nSPS) is 19.2. The maximum Gasteiger partial charge on any atom is 0.245 e. The van der Waals surface area contributed by atoms with Crippen molar-refractivity contribution in [1.29, 1.82) is 0 Å². The number of hydrogen-bond donors (Lipinski definition) is 0. The maximum atomic E-state index is 12.9. The Morgan fingerprint density at radius 2 is 1.58 bits per heavy atom. The summed E-state index contributed by atoms with van der Waals surface area (Å²) in [5.74, 6) is 0.222. The molecule has 0 spiro atoms. The van der Waals surface area contributed by atoms with Gasteiger partial charge in [-0.05, 0) is 42.7 Å². The van der Waals surface area contributed by atoms with Crippen LogP contribution in [0.15, 0.2) is 59.5 Å². The number of nitrogens with zero attached hydrogens (tertiary/aromatic N) is 2. The lowest BCUT2D eigenvalue weighted by Gasteiger charge is -2.38. The number of piperazine rings is 1. The summed E-state index contributed by atoms with van der Waals surface area (Å²) in [5.41, 5.74) is 2.02. The quantitative estimate of drug-likeness (QED) is 0.828. The number of benzene rings is 2. The van der Waals surface area contributed by atoms with Gasteiger partial charge in [0.15, 0.2) is 0 Å². The highest BCUT2D eigenvalue weighted by molar-refractivity contribution is 7.89. The number of rotatable bonds is 4. The standard InChI is InChI=1S/C20H24N2O3S/c1-15(2)17-9-11-18(12-10-17)21-13-14-22(16(3)20(21)23)26(24,25)19-7-5-4-6-8-19/h4-12,15-16H,13-14H2,1-3H3/t16-/m0/s1. The maximum absolute atomic E-state index is 12.9. The van der Waals surface area contributed by atoms with Crippen LogP contribution in [-0.2, 0) is 14.8 Å². The van der Waals surface area contributed by atoms with E-state index in [1.54, 1.807) is 42.2 Å². The Kier molecular flexibility index (Phi) is 5.16. The van der Waals surface area contributed by atoms with E-state index in [0.29, 0.717) is 12.5 Å². The van der Waals surface area contributed by atoms with Crippen molar-refractivity contribution in [1.82, 2.24) is 4.31 Å². The predicted octanol–water partition coefficient (Wildman–Crippen LogP) is 3.24. The van der Waals surface area contributed by atoms with E-state index in [2.05, 4.69) is 13.8 Å². The SMILES string of the molecule is CC(C)c1ccc(N2CCN(S(=O)(=O)c3ccccc3)[C@@H](C)C2=O)cc1. The van der Waals surface area contributed by atoms with E-state index in [1.807, 2.05) is 24.3 Å². The van der Waals surface area contributed by atoms with Crippen LogP contribution in [0.4, 0.5) is 5.69 Å². The molecule has 138 valence electrons. The van der Waals surface area contributed by atoms with Crippen molar-refractivity contribution in [2.24, 2.45) is 0 Å². The molecule has 1 aliphatic heterocycles. The van der Waals surface area contributed by atoms with Crippen molar-refractivity contribution in [3.63, 3.8) is 0 Å². The van der Waals surface area contributed by atoms with Crippen LogP contribution in [0.2, 0.25) is 0 Å². The van der Waals surface area contributed by atoms with Crippen molar-refractivity contribution < 1.29 is 13.2 Å². The Morgan fingerprint density at radius 3 is 2.15 bits per heavy atom. The van der Waals surface area contributed by atoms with Crippen molar-refractivity contribution >= 4 is 21.6 Å². The average molecular weight is 372 g/mol. The molecule has 1 aliphatic rings. The molecule has 3 rings (SSSR count). The van der Waals surface area contributed by atoms with Crippen LogP contribution in [0.25, 0.3) is 0 Å². The second-order valence-electron chi connectivity index (χ2n) is 6.84. The fourth-order valence-electron chi connectivity index (χ4n) is 3.20. The van der Waals surface area contributed by atoms with Gasteiger partial charge in [-0.1, -0.05) is 44.2 Å². The Bertz CT molecular complexity index is 877. The molecule has 2 aromatic carbocycles. The molecule has 2 aromatic rings. The molecule has 1 fully saturated rings. The molecule has 1 amide bonds. The minimum Gasteiger partial charge on any atom is -0.310 e. The van der Waals surface area contributed by atoms with E-state index in [1.165, 1.54) is 9.87 Å². The molecule has 5 nitrogen and oxygen atoms in total. The third kappa shape index (κ3) is 3.39. The summed E-state index contributed by atoms with van der Waals surface area (Å²) in [5, 5.41) is 0. The number of sulfonamides is 1. The zero-order valence-electron chi connectivity index (χ0n) is 15.3. The first-order chi connectivity index (χ1) is 12.3. The number of anilines is 1. The highest BCUT2D eigenvalue weighted by Crippen LogP contribution is 2.26. The van der Waals surface area contributed by atoms with Crippen LogP contribution in [-0.4, -0.2) is 37.8 Å². The lowest BCUT2D eigenvalue weighted by atomic mass is 10.0. The number of carbonyl (C=O) groups is 1. The molecule has 0 unspecified atom stereocenters. The van der Waals surface area contributed by atoms with Crippen LogP contribution in [0.1, 0.15) is 32.3 Å². The molecular formula is C20H24N2O3S. The molecule has 26 heavy (non-hydrogen) atoms. The summed E-state index contributed by atoms with van der Waals surface area (Å²) < 4.78 is 27.0. The van der Waals surface area contributed by atoms with Crippen LogP contribution in [0.3, 0.4) is 0 Å². The van der Waals surface area contributed by atoms with Gasteiger partial charge in [0.25, 0.3) is 0 Å². The highest BCUT2D eigenvalue weighted by Gasteiger charge is 2.39. The largest absolute Gasteiger partial charge is 0.310 e. The average Bonchev–Trinajstić information content (AvgIpc) is 2.64. The zero-order valence-corrected chi connectivity index (χ0v) is 16.1. The first-order valence-electron chi connectivity index (χ1n) is 8.80. The molecule has 0 aliphatic carbocycles. The van der Waals surface area contributed by atoms with E-state index in [9.17, 15) is 13.2 Å². The van der Waals surface area contributed by atoms with Gasteiger partial charge >= 0.3 is 0 Å². The van der Waals surface area contributed by atoms with E-state index < -0.39 is 16.1 Å². The van der Waals surface area contributed by atoms with Crippen LogP contribution < -0.4 is 4.90 Å². The lowest BCUT2D eigenvalue weighted by molar-refractivity contribution is -0.123. The van der Waals surface area contributed by atoms with Gasteiger partial charge in [-0.2, -0.15) is 4.31 Å². The summed E-state index contributed by atoms with van der Waals surface area (Å²) in [7, 11) is -3.68. The van der Waals surface area contributed by atoms with E-state index in [-0.39, 0.29) is 17.3 Å². The first-order valence-corrected chi connectivity index (χ1v) is 10.2. The fraction of sp³-hybridized carbons (Fsp3) is 0.350. The summed E-state index contributed by atoms with van der Waals surface area (Å²) in [6.07, 6.45) is 0. The summed E-state index contributed by atoms with van der Waals surface area (Å²) in [6.45, 7) is 6.51. The van der Waals surface area contributed by atoms with Crippen molar-refractivity contribution in [3.05, 3.63) is 60.2 Å². The topological polar surface area (TPSA) is 57.7 Å².